The Bertz CT molecular complexity index is 1000. The van der Waals surface area contributed by atoms with Crippen LogP contribution in [0.15, 0.2) is 65.9 Å². The highest BCUT2D eigenvalue weighted by molar-refractivity contribution is 14.0. The van der Waals surface area contributed by atoms with E-state index >= 15 is 0 Å². The van der Waals surface area contributed by atoms with Gasteiger partial charge in [0, 0.05) is 38.1 Å². The van der Waals surface area contributed by atoms with Gasteiger partial charge in [0.1, 0.15) is 11.5 Å². The minimum atomic E-state index is -2.91. The van der Waals surface area contributed by atoms with E-state index in [0.29, 0.717) is 30.4 Å². The van der Waals surface area contributed by atoms with Crippen molar-refractivity contribution in [3.63, 3.8) is 0 Å². The number of hydrogen-bond donors (Lipinski definition) is 2. The van der Waals surface area contributed by atoms with Crippen molar-refractivity contribution in [1.29, 1.82) is 0 Å². The van der Waals surface area contributed by atoms with E-state index in [1.165, 1.54) is 13.2 Å². The monoisotopic (exact) mass is 557 g/mol. The van der Waals surface area contributed by atoms with Crippen molar-refractivity contribution in [2.45, 2.75) is 26.2 Å². The number of nitrogens with zero attached hydrogens (tertiary/aromatic N) is 3. The fourth-order valence-corrected chi connectivity index (χ4v) is 3.06. The van der Waals surface area contributed by atoms with Crippen LogP contribution >= 0.6 is 24.0 Å². The van der Waals surface area contributed by atoms with Crippen molar-refractivity contribution in [3.05, 3.63) is 77.6 Å². The molecule has 0 saturated carbocycles. The molecule has 1 heterocycles. The number of hydrogen-bond acceptors (Lipinski definition) is 4. The van der Waals surface area contributed by atoms with Gasteiger partial charge in [0.05, 0.1) is 13.7 Å². The summed E-state index contributed by atoms with van der Waals surface area (Å²) in [5.41, 5.74) is 2.76. The maximum absolute atomic E-state index is 12.7. The maximum Gasteiger partial charge on any atom is 0.387 e. The van der Waals surface area contributed by atoms with Crippen LogP contribution in [-0.4, -0.2) is 36.5 Å². The topological polar surface area (TPSA) is 72.7 Å². The predicted octanol–water partition coefficient (Wildman–Crippen LogP) is 4.02. The quantitative estimate of drug-likeness (QED) is 0.236. The summed E-state index contributed by atoms with van der Waals surface area (Å²) >= 11 is 0. The van der Waals surface area contributed by atoms with Crippen molar-refractivity contribution < 1.29 is 18.3 Å². The van der Waals surface area contributed by atoms with Crippen LogP contribution in [0, 0.1) is 0 Å². The van der Waals surface area contributed by atoms with Crippen molar-refractivity contribution in [1.82, 2.24) is 20.4 Å². The molecule has 2 N–H and O–H groups in total. The summed E-state index contributed by atoms with van der Waals surface area (Å²) in [7, 11) is 3.16. The van der Waals surface area contributed by atoms with Gasteiger partial charge in [0.2, 0.25) is 0 Å². The summed E-state index contributed by atoms with van der Waals surface area (Å²) in [6.07, 6.45) is 3.66. The number of benzene rings is 2. The second-order valence-corrected chi connectivity index (χ2v) is 6.60. The third-order valence-electron chi connectivity index (χ3n) is 4.61. The van der Waals surface area contributed by atoms with Crippen LogP contribution in [0.2, 0.25) is 0 Å². The molecule has 3 rings (SSSR count). The van der Waals surface area contributed by atoms with Gasteiger partial charge in [0.15, 0.2) is 5.96 Å². The van der Waals surface area contributed by atoms with Gasteiger partial charge in [-0.2, -0.15) is 13.9 Å². The SMILES string of the molecule is CN=C(NCc1ccccc1Cn1cccn1)NCc1cc(OC)ccc1OC(F)F.I. The number of nitrogens with one attached hydrogen (secondary N) is 2. The molecule has 0 fully saturated rings. The third kappa shape index (κ3) is 7.36. The second-order valence-electron chi connectivity index (χ2n) is 6.60. The number of aromatic nitrogens is 2. The van der Waals surface area contributed by atoms with E-state index < -0.39 is 6.61 Å². The predicted molar refractivity (Wildman–Crippen MR) is 130 cm³/mol. The van der Waals surface area contributed by atoms with E-state index in [9.17, 15) is 8.78 Å². The molecule has 10 heteroatoms. The van der Waals surface area contributed by atoms with Crippen LogP contribution in [0.3, 0.4) is 0 Å². The first-order valence-electron chi connectivity index (χ1n) is 9.69. The highest BCUT2D eigenvalue weighted by atomic mass is 127. The number of aliphatic imine (C=N–C) groups is 1. The van der Waals surface area contributed by atoms with Gasteiger partial charge in [-0.05, 0) is 35.4 Å². The summed E-state index contributed by atoms with van der Waals surface area (Å²) in [4.78, 5) is 4.21. The molecule has 0 bridgehead atoms. The zero-order chi connectivity index (χ0) is 22.1. The Kier molecular flexibility index (Phi) is 10.2. The number of guanidine groups is 1. The molecule has 0 unspecified atom stereocenters. The Morgan fingerprint density at radius 3 is 2.41 bits per heavy atom. The molecule has 0 saturated heterocycles. The molecule has 0 aliphatic heterocycles. The fraction of sp³-hybridized carbons (Fsp3) is 0.273. The molecule has 172 valence electrons. The molecular weight excluding hydrogens is 531 g/mol. The van der Waals surface area contributed by atoms with Crippen molar-refractivity contribution in [3.8, 4) is 11.5 Å². The lowest BCUT2D eigenvalue weighted by Crippen LogP contribution is -2.36. The normalized spacial score (nSPS) is 11.1. The highest BCUT2D eigenvalue weighted by Crippen LogP contribution is 2.25. The number of ether oxygens (including phenoxy) is 2. The number of methoxy groups -OCH3 is 1. The smallest absolute Gasteiger partial charge is 0.387 e. The van der Waals surface area contributed by atoms with Crippen LogP contribution in [0.5, 0.6) is 11.5 Å². The van der Waals surface area contributed by atoms with Crippen molar-refractivity contribution in [2.75, 3.05) is 14.2 Å². The van der Waals surface area contributed by atoms with E-state index in [4.69, 9.17) is 4.74 Å². The summed E-state index contributed by atoms with van der Waals surface area (Å²) in [5.74, 6) is 1.16. The molecule has 0 amide bonds. The highest BCUT2D eigenvalue weighted by Gasteiger charge is 2.12. The van der Waals surface area contributed by atoms with Gasteiger partial charge in [-0.15, -0.1) is 24.0 Å². The summed E-state index contributed by atoms with van der Waals surface area (Å²) in [6.45, 7) is -1.48. The minimum absolute atomic E-state index is 0. The van der Waals surface area contributed by atoms with Gasteiger partial charge < -0.3 is 20.1 Å². The Morgan fingerprint density at radius 1 is 1.06 bits per heavy atom. The molecule has 3 aromatic rings. The van der Waals surface area contributed by atoms with Crippen LogP contribution < -0.4 is 20.1 Å². The molecule has 0 aliphatic rings. The standard InChI is InChI=1S/C22H25F2N5O2.HI/c1-25-22(27-14-18-12-19(30-2)8-9-20(18)31-21(23)24)26-13-16-6-3-4-7-17(16)15-29-11-5-10-28-29;/h3-12,21H,13-15H2,1-2H3,(H2,25,26,27);1H. The number of alkyl halides is 2. The second kappa shape index (κ2) is 12.8. The fourth-order valence-electron chi connectivity index (χ4n) is 3.06. The number of rotatable bonds is 9. The summed E-state index contributed by atoms with van der Waals surface area (Å²) in [6, 6.07) is 14.6. The van der Waals surface area contributed by atoms with Gasteiger partial charge >= 0.3 is 6.61 Å². The van der Waals surface area contributed by atoms with E-state index in [0.717, 1.165) is 11.1 Å². The maximum atomic E-state index is 12.7. The molecule has 32 heavy (non-hydrogen) atoms. The van der Waals surface area contributed by atoms with E-state index in [-0.39, 0.29) is 36.3 Å². The molecule has 0 aliphatic carbocycles. The van der Waals surface area contributed by atoms with Crippen molar-refractivity contribution >= 4 is 29.9 Å². The first-order chi connectivity index (χ1) is 15.1. The molecule has 0 spiro atoms. The number of halogens is 3. The first-order valence-corrected chi connectivity index (χ1v) is 9.69. The zero-order valence-electron chi connectivity index (χ0n) is 17.8. The van der Waals surface area contributed by atoms with Crippen LogP contribution in [0.1, 0.15) is 16.7 Å². The third-order valence-corrected chi connectivity index (χ3v) is 4.61. The van der Waals surface area contributed by atoms with E-state index in [1.807, 2.05) is 35.1 Å². The lowest BCUT2D eigenvalue weighted by Gasteiger charge is -2.16. The van der Waals surface area contributed by atoms with Gasteiger partial charge in [-0.25, -0.2) is 0 Å². The molecular formula is C22H26F2IN5O2. The Morgan fingerprint density at radius 2 is 1.78 bits per heavy atom. The van der Waals surface area contributed by atoms with E-state index in [2.05, 4.69) is 31.5 Å². The lowest BCUT2D eigenvalue weighted by molar-refractivity contribution is -0.0504. The van der Waals surface area contributed by atoms with Gasteiger partial charge in [-0.3, -0.25) is 9.67 Å². The molecule has 0 radical (unpaired) electrons. The summed E-state index contributed by atoms with van der Waals surface area (Å²) in [5, 5.41) is 10.6. The zero-order valence-corrected chi connectivity index (χ0v) is 20.1. The lowest BCUT2D eigenvalue weighted by atomic mass is 10.1. The van der Waals surface area contributed by atoms with Crippen molar-refractivity contribution in [2.24, 2.45) is 4.99 Å². The summed E-state index contributed by atoms with van der Waals surface area (Å²) < 4.78 is 37.1. The first kappa shape index (κ1) is 25.4. The minimum Gasteiger partial charge on any atom is -0.497 e. The van der Waals surface area contributed by atoms with Crippen LogP contribution in [0.25, 0.3) is 0 Å². The molecule has 2 aromatic carbocycles. The average molecular weight is 557 g/mol. The van der Waals surface area contributed by atoms with Gasteiger partial charge in [0.25, 0.3) is 0 Å². The van der Waals surface area contributed by atoms with Crippen LogP contribution in [0.4, 0.5) is 8.78 Å². The largest absolute Gasteiger partial charge is 0.497 e. The Hall–Kier alpha value is -2.89. The molecule has 1 aromatic heterocycles. The average Bonchev–Trinajstić information content (AvgIpc) is 3.28. The van der Waals surface area contributed by atoms with Gasteiger partial charge in [-0.1, -0.05) is 24.3 Å². The van der Waals surface area contributed by atoms with Crippen LogP contribution in [-0.2, 0) is 19.6 Å². The molecule has 0 atom stereocenters. The molecule has 7 nitrogen and oxygen atoms in total. The Balaban J connectivity index is 0.00000363. The van der Waals surface area contributed by atoms with E-state index in [1.54, 1.807) is 25.4 Å². The Labute approximate surface area is 202 Å².